The lowest BCUT2D eigenvalue weighted by Crippen LogP contribution is -1.98. The molecule has 0 saturated carbocycles. The van der Waals surface area contributed by atoms with E-state index in [0.29, 0.717) is 6.42 Å². The summed E-state index contributed by atoms with van der Waals surface area (Å²) in [7, 11) is 0. The lowest BCUT2D eigenvalue weighted by atomic mass is 10.0. The van der Waals surface area contributed by atoms with Gasteiger partial charge in [-0.15, -0.1) is 0 Å². The molecule has 0 aliphatic rings. The SMILES string of the molecule is CCCCCCCCCCCCCCCCCC(=O)c1ccc2occc2c1. The number of hydrogen-bond donors (Lipinski definition) is 0. The van der Waals surface area contributed by atoms with Gasteiger partial charge in [0, 0.05) is 17.4 Å². The smallest absolute Gasteiger partial charge is 0.162 e. The molecule has 156 valence electrons. The van der Waals surface area contributed by atoms with E-state index in [1.165, 1.54) is 89.9 Å². The molecule has 1 aromatic carbocycles. The highest BCUT2D eigenvalue weighted by atomic mass is 16.3. The molecule has 0 unspecified atom stereocenters. The largest absolute Gasteiger partial charge is 0.464 e. The normalized spacial score (nSPS) is 11.3. The fraction of sp³-hybridized carbons (Fsp3) is 0.654. The van der Waals surface area contributed by atoms with Crippen LogP contribution in [0.4, 0.5) is 0 Å². The number of Topliss-reactive ketones (excluding diaryl/α,β-unsaturated/α-hetero) is 1. The van der Waals surface area contributed by atoms with Crippen LogP contribution in [0.3, 0.4) is 0 Å². The summed E-state index contributed by atoms with van der Waals surface area (Å²) in [6.45, 7) is 2.28. The van der Waals surface area contributed by atoms with E-state index in [2.05, 4.69) is 6.92 Å². The predicted octanol–water partition coefficient (Wildman–Crippen LogP) is 8.88. The van der Waals surface area contributed by atoms with Crippen molar-refractivity contribution in [2.75, 3.05) is 0 Å². The summed E-state index contributed by atoms with van der Waals surface area (Å²) in [5, 5.41) is 1.02. The van der Waals surface area contributed by atoms with Gasteiger partial charge in [-0.25, -0.2) is 0 Å². The number of unbranched alkanes of at least 4 members (excludes halogenated alkanes) is 14. The fourth-order valence-electron chi connectivity index (χ4n) is 3.94. The van der Waals surface area contributed by atoms with E-state index in [-0.39, 0.29) is 5.78 Å². The van der Waals surface area contributed by atoms with Crippen LogP contribution in [0.15, 0.2) is 34.9 Å². The molecule has 0 amide bonds. The van der Waals surface area contributed by atoms with Crippen molar-refractivity contribution in [2.24, 2.45) is 0 Å². The van der Waals surface area contributed by atoms with Crippen LogP contribution in [0.2, 0.25) is 0 Å². The van der Waals surface area contributed by atoms with Crippen molar-refractivity contribution in [3.8, 4) is 0 Å². The Balaban J connectivity index is 1.38. The van der Waals surface area contributed by atoms with Gasteiger partial charge in [0.25, 0.3) is 0 Å². The fourth-order valence-corrected chi connectivity index (χ4v) is 3.94. The van der Waals surface area contributed by atoms with E-state index in [1.807, 2.05) is 24.3 Å². The molecule has 0 N–H and O–H groups in total. The Morgan fingerprint density at radius 1 is 0.714 bits per heavy atom. The number of ketones is 1. The van der Waals surface area contributed by atoms with E-state index in [4.69, 9.17) is 4.42 Å². The maximum absolute atomic E-state index is 12.3. The minimum Gasteiger partial charge on any atom is -0.464 e. The van der Waals surface area contributed by atoms with Gasteiger partial charge in [0.1, 0.15) is 5.58 Å². The van der Waals surface area contributed by atoms with E-state index in [0.717, 1.165) is 23.0 Å². The highest BCUT2D eigenvalue weighted by Crippen LogP contribution is 2.19. The third-order valence-corrected chi connectivity index (χ3v) is 5.78. The van der Waals surface area contributed by atoms with Crippen molar-refractivity contribution in [3.05, 3.63) is 36.1 Å². The van der Waals surface area contributed by atoms with Crippen LogP contribution in [0, 0.1) is 0 Å². The highest BCUT2D eigenvalue weighted by molar-refractivity contribution is 5.99. The summed E-state index contributed by atoms with van der Waals surface area (Å²) >= 11 is 0. The van der Waals surface area contributed by atoms with Gasteiger partial charge >= 0.3 is 0 Å². The molecule has 2 rings (SSSR count). The van der Waals surface area contributed by atoms with Crippen molar-refractivity contribution in [3.63, 3.8) is 0 Å². The van der Waals surface area contributed by atoms with E-state index in [9.17, 15) is 4.79 Å². The van der Waals surface area contributed by atoms with Crippen molar-refractivity contribution < 1.29 is 9.21 Å². The average molecular weight is 385 g/mol. The number of carbonyl (C=O) groups is 1. The zero-order valence-corrected chi connectivity index (χ0v) is 18.0. The number of hydrogen-bond acceptors (Lipinski definition) is 2. The maximum Gasteiger partial charge on any atom is 0.162 e. The van der Waals surface area contributed by atoms with Crippen LogP contribution in [0.25, 0.3) is 11.0 Å². The van der Waals surface area contributed by atoms with Crippen molar-refractivity contribution in [1.82, 2.24) is 0 Å². The third kappa shape index (κ3) is 9.08. The molecule has 0 aliphatic carbocycles. The Labute approximate surface area is 172 Å². The first-order valence-corrected chi connectivity index (χ1v) is 11.8. The molecule has 2 aromatic rings. The zero-order valence-electron chi connectivity index (χ0n) is 18.0. The van der Waals surface area contributed by atoms with Crippen LogP contribution in [-0.2, 0) is 0 Å². The second-order valence-corrected chi connectivity index (χ2v) is 8.30. The minimum absolute atomic E-state index is 0.262. The summed E-state index contributed by atoms with van der Waals surface area (Å²) in [6, 6.07) is 7.65. The Hall–Kier alpha value is -1.57. The first-order chi connectivity index (χ1) is 13.8. The second kappa shape index (κ2) is 14.4. The van der Waals surface area contributed by atoms with Crippen LogP contribution >= 0.6 is 0 Å². The van der Waals surface area contributed by atoms with Crippen molar-refractivity contribution >= 4 is 16.8 Å². The van der Waals surface area contributed by atoms with Crippen LogP contribution < -0.4 is 0 Å². The van der Waals surface area contributed by atoms with Gasteiger partial charge in [-0.2, -0.15) is 0 Å². The molecular formula is C26H40O2. The minimum atomic E-state index is 0.262. The van der Waals surface area contributed by atoms with E-state index >= 15 is 0 Å². The Bertz CT molecular complexity index is 655. The van der Waals surface area contributed by atoms with Gasteiger partial charge in [0.2, 0.25) is 0 Å². The molecule has 0 bridgehead atoms. The lowest BCUT2D eigenvalue weighted by Gasteiger charge is -2.04. The Kier molecular flexibility index (Phi) is 11.7. The second-order valence-electron chi connectivity index (χ2n) is 8.30. The van der Waals surface area contributed by atoms with Gasteiger partial charge in [-0.05, 0) is 30.7 Å². The first-order valence-electron chi connectivity index (χ1n) is 11.8. The quantitative estimate of drug-likeness (QED) is 0.201. The highest BCUT2D eigenvalue weighted by Gasteiger charge is 2.07. The number of fused-ring (bicyclic) bond motifs is 1. The van der Waals surface area contributed by atoms with E-state index in [1.54, 1.807) is 6.26 Å². The van der Waals surface area contributed by atoms with Gasteiger partial charge in [0.05, 0.1) is 6.26 Å². The van der Waals surface area contributed by atoms with Gasteiger partial charge in [-0.3, -0.25) is 4.79 Å². The zero-order chi connectivity index (χ0) is 19.9. The number of furan rings is 1. The number of rotatable bonds is 17. The topological polar surface area (TPSA) is 30.2 Å². The van der Waals surface area contributed by atoms with Crippen LogP contribution in [0.1, 0.15) is 120 Å². The Morgan fingerprint density at radius 2 is 1.25 bits per heavy atom. The van der Waals surface area contributed by atoms with Gasteiger partial charge < -0.3 is 4.42 Å². The molecule has 0 atom stereocenters. The molecular weight excluding hydrogens is 344 g/mol. The standard InChI is InChI=1S/C26H40O2/c1-2-3-4-5-6-7-8-9-10-11-12-13-14-15-16-17-25(27)23-18-19-26-24(22-23)20-21-28-26/h18-22H,2-17H2,1H3. The summed E-state index contributed by atoms with van der Waals surface area (Å²) in [5.41, 5.74) is 1.67. The summed E-state index contributed by atoms with van der Waals surface area (Å²) < 4.78 is 5.33. The van der Waals surface area contributed by atoms with Crippen LogP contribution in [-0.4, -0.2) is 5.78 Å². The molecule has 0 spiro atoms. The average Bonchev–Trinajstić information content (AvgIpc) is 3.18. The molecule has 1 heterocycles. The molecule has 0 saturated heterocycles. The van der Waals surface area contributed by atoms with Gasteiger partial charge in [-0.1, -0.05) is 96.8 Å². The lowest BCUT2D eigenvalue weighted by molar-refractivity contribution is 0.0979. The van der Waals surface area contributed by atoms with Crippen molar-refractivity contribution in [2.45, 2.75) is 110 Å². The monoisotopic (exact) mass is 384 g/mol. The maximum atomic E-state index is 12.3. The summed E-state index contributed by atoms with van der Waals surface area (Å²) in [6.07, 6.45) is 22.6. The summed E-state index contributed by atoms with van der Waals surface area (Å²) in [4.78, 5) is 12.3. The number of carbonyl (C=O) groups excluding carboxylic acids is 1. The molecule has 1 aromatic heterocycles. The molecule has 0 radical (unpaired) electrons. The van der Waals surface area contributed by atoms with Gasteiger partial charge in [0.15, 0.2) is 5.78 Å². The van der Waals surface area contributed by atoms with Crippen molar-refractivity contribution in [1.29, 1.82) is 0 Å². The first kappa shape index (κ1) is 22.7. The molecule has 28 heavy (non-hydrogen) atoms. The van der Waals surface area contributed by atoms with E-state index < -0.39 is 0 Å². The number of benzene rings is 1. The third-order valence-electron chi connectivity index (χ3n) is 5.78. The molecule has 0 aliphatic heterocycles. The summed E-state index contributed by atoms with van der Waals surface area (Å²) in [5.74, 6) is 0.262. The van der Waals surface area contributed by atoms with Crippen LogP contribution in [0.5, 0.6) is 0 Å². The molecule has 0 fully saturated rings. The molecule has 2 heteroatoms. The molecule has 2 nitrogen and oxygen atoms in total. The Morgan fingerprint density at radius 3 is 1.82 bits per heavy atom. The predicted molar refractivity (Wildman–Crippen MR) is 120 cm³/mol.